The monoisotopic (exact) mass is 232 g/mol. The highest BCUT2D eigenvalue weighted by Crippen LogP contribution is 2.36. The molecule has 0 spiro atoms. The summed E-state index contributed by atoms with van der Waals surface area (Å²) >= 11 is 1.20. The molecule has 0 heterocycles. The lowest BCUT2D eigenvalue weighted by Gasteiger charge is -2.19. The Morgan fingerprint density at radius 3 is 2.57 bits per heavy atom. The van der Waals surface area contributed by atoms with Crippen molar-refractivity contribution in [3.05, 3.63) is 12.2 Å². The van der Waals surface area contributed by atoms with Crippen LogP contribution in [0.2, 0.25) is 0 Å². The van der Waals surface area contributed by atoms with Crippen LogP contribution in [0.1, 0.15) is 39.0 Å². The van der Waals surface area contributed by atoms with Crippen molar-refractivity contribution in [3.63, 3.8) is 0 Å². The van der Waals surface area contributed by atoms with E-state index in [1.54, 1.807) is 17.7 Å². The zero-order valence-corrected chi connectivity index (χ0v) is 10.1. The Hall–Kier alpha value is -0.0900. The summed E-state index contributed by atoms with van der Waals surface area (Å²) in [5.41, 5.74) is 0.460. The first-order chi connectivity index (χ1) is 6.70. The Morgan fingerprint density at radius 1 is 1.36 bits per heavy atom. The van der Waals surface area contributed by atoms with Gasteiger partial charge in [0.15, 0.2) is 0 Å². The molecule has 0 radical (unpaired) electrons. The molecule has 1 aliphatic rings. The van der Waals surface area contributed by atoms with E-state index >= 15 is 0 Å². The Labute approximate surface area is 93.5 Å². The van der Waals surface area contributed by atoms with Gasteiger partial charge in [0.1, 0.15) is 11.1 Å². The first-order valence-corrected chi connectivity index (χ1v) is 7.04. The van der Waals surface area contributed by atoms with Gasteiger partial charge in [0.2, 0.25) is 0 Å². The molecule has 0 aromatic carbocycles. The van der Waals surface area contributed by atoms with E-state index in [0.717, 1.165) is 0 Å². The lowest BCUT2D eigenvalue weighted by atomic mass is 10.0. The first kappa shape index (κ1) is 12.0. The Balaban J connectivity index is 2.08. The molecule has 1 saturated carbocycles. The van der Waals surface area contributed by atoms with Crippen molar-refractivity contribution in [1.29, 1.82) is 0 Å². The lowest BCUT2D eigenvalue weighted by Crippen LogP contribution is -2.07. The fourth-order valence-corrected chi connectivity index (χ4v) is 3.43. The van der Waals surface area contributed by atoms with Gasteiger partial charge in [0, 0.05) is 10.8 Å². The average Bonchev–Trinajstić information content (AvgIpc) is 2.19. The summed E-state index contributed by atoms with van der Waals surface area (Å²) < 4.78 is 4.95. The maximum absolute atomic E-state index is 11.0. The molecule has 0 aliphatic heterocycles. The summed E-state index contributed by atoms with van der Waals surface area (Å²) in [6, 6.07) is 0. The highest BCUT2D eigenvalue weighted by Gasteiger charge is 2.15. The summed E-state index contributed by atoms with van der Waals surface area (Å²) in [5.74, 6) is -0.307. The van der Waals surface area contributed by atoms with E-state index in [1.807, 2.05) is 0 Å². The maximum atomic E-state index is 11.0. The minimum Gasteiger partial charge on any atom is -0.376 e. The number of hydrogen-bond acceptors (Lipinski definition) is 4. The van der Waals surface area contributed by atoms with Crippen LogP contribution in [0.25, 0.3) is 0 Å². The molecule has 0 saturated heterocycles. The zero-order valence-electron chi connectivity index (χ0n) is 8.45. The maximum Gasteiger partial charge on any atom is 0.345 e. The van der Waals surface area contributed by atoms with Crippen molar-refractivity contribution >= 4 is 27.8 Å². The SMILES string of the molecule is C=C(C)C(=O)OSSC1CCCCC1. The molecule has 0 bridgehead atoms. The highest BCUT2D eigenvalue weighted by atomic mass is 33.1. The topological polar surface area (TPSA) is 26.3 Å². The Kier molecular flexibility index (Phi) is 5.48. The third-order valence-electron chi connectivity index (χ3n) is 2.19. The number of carbonyl (C=O) groups excluding carboxylic acids is 1. The molecular formula is C10H16O2S2. The fraction of sp³-hybridized carbons (Fsp3) is 0.700. The Bertz CT molecular complexity index is 210. The molecule has 0 atom stereocenters. The number of hydrogen-bond donors (Lipinski definition) is 0. The summed E-state index contributed by atoms with van der Waals surface area (Å²) in [5, 5.41) is 0.659. The van der Waals surface area contributed by atoms with Crippen LogP contribution < -0.4 is 0 Å². The molecule has 2 nitrogen and oxygen atoms in total. The normalized spacial score (nSPS) is 17.8. The van der Waals surface area contributed by atoms with E-state index in [4.69, 9.17) is 4.18 Å². The number of carbonyl (C=O) groups is 1. The molecule has 0 unspecified atom stereocenters. The fourth-order valence-electron chi connectivity index (χ4n) is 1.34. The van der Waals surface area contributed by atoms with E-state index in [-0.39, 0.29) is 5.97 Å². The van der Waals surface area contributed by atoms with Crippen molar-refractivity contribution in [2.75, 3.05) is 0 Å². The van der Waals surface area contributed by atoms with Gasteiger partial charge in [-0.1, -0.05) is 25.8 Å². The smallest absolute Gasteiger partial charge is 0.345 e. The first-order valence-electron chi connectivity index (χ1n) is 4.90. The van der Waals surface area contributed by atoms with Crippen LogP contribution in [0, 0.1) is 0 Å². The molecule has 1 fully saturated rings. The van der Waals surface area contributed by atoms with Crippen molar-refractivity contribution in [3.8, 4) is 0 Å². The molecular weight excluding hydrogens is 216 g/mol. The summed E-state index contributed by atoms with van der Waals surface area (Å²) in [6.07, 6.45) is 6.48. The van der Waals surface area contributed by atoms with Gasteiger partial charge in [0.25, 0.3) is 0 Å². The van der Waals surface area contributed by atoms with E-state index < -0.39 is 0 Å². The van der Waals surface area contributed by atoms with E-state index in [1.165, 1.54) is 43.2 Å². The lowest BCUT2D eigenvalue weighted by molar-refractivity contribution is -0.128. The van der Waals surface area contributed by atoms with Crippen LogP contribution in [-0.4, -0.2) is 11.2 Å². The van der Waals surface area contributed by atoms with E-state index in [9.17, 15) is 4.79 Å². The van der Waals surface area contributed by atoms with Gasteiger partial charge in [-0.15, -0.1) is 0 Å². The highest BCUT2D eigenvalue weighted by molar-refractivity contribution is 8.75. The van der Waals surface area contributed by atoms with Crippen LogP contribution in [0.5, 0.6) is 0 Å². The van der Waals surface area contributed by atoms with Gasteiger partial charge in [-0.2, -0.15) is 0 Å². The number of rotatable bonds is 4. The molecule has 80 valence electrons. The van der Waals surface area contributed by atoms with Crippen LogP contribution >= 0.6 is 21.9 Å². The van der Waals surface area contributed by atoms with Gasteiger partial charge in [-0.25, -0.2) is 4.79 Å². The molecule has 1 aliphatic carbocycles. The quantitative estimate of drug-likeness (QED) is 0.419. The molecule has 0 aromatic heterocycles. The standard InChI is InChI=1S/C10H16O2S2/c1-8(2)10(11)12-14-13-9-6-4-3-5-7-9/h9H,1,3-7H2,2H3. The predicted octanol–water partition coefficient (Wildman–Crippen LogP) is 3.73. The van der Waals surface area contributed by atoms with Gasteiger partial charge in [0.05, 0.1) is 0 Å². The zero-order chi connectivity index (χ0) is 10.4. The van der Waals surface area contributed by atoms with Crippen molar-refractivity contribution in [2.45, 2.75) is 44.3 Å². The molecule has 0 amide bonds. The van der Waals surface area contributed by atoms with Crippen LogP contribution in [0.3, 0.4) is 0 Å². The summed E-state index contributed by atoms with van der Waals surface area (Å²) in [7, 11) is 1.68. The van der Waals surface area contributed by atoms with Gasteiger partial charge in [-0.05, 0) is 30.6 Å². The van der Waals surface area contributed by atoms with Crippen LogP contribution in [0.15, 0.2) is 12.2 Å². The molecule has 4 heteroatoms. The molecule has 1 rings (SSSR count). The second kappa shape index (κ2) is 6.40. The molecule has 0 N–H and O–H groups in total. The van der Waals surface area contributed by atoms with Crippen molar-refractivity contribution < 1.29 is 8.98 Å². The van der Waals surface area contributed by atoms with Gasteiger partial charge in [-0.3, -0.25) is 0 Å². The third kappa shape index (κ3) is 4.42. The molecule has 14 heavy (non-hydrogen) atoms. The Morgan fingerprint density at radius 2 is 2.00 bits per heavy atom. The minimum atomic E-state index is -0.307. The summed E-state index contributed by atoms with van der Waals surface area (Å²) in [4.78, 5) is 11.0. The average molecular weight is 232 g/mol. The summed E-state index contributed by atoms with van der Waals surface area (Å²) in [6.45, 7) is 5.18. The van der Waals surface area contributed by atoms with Crippen LogP contribution in [-0.2, 0) is 8.98 Å². The van der Waals surface area contributed by atoms with E-state index in [2.05, 4.69) is 6.58 Å². The van der Waals surface area contributed by atoms with Gasteiger partial charge >= 0.3 is 5.97 Å². The largest absolute Gasteiger partial charge is 0.376 e. The van der Waals surface area contributed by atoms with Gasteiger partial charge < -0.3 is 4.18 Å². The third-order valence-corrected chi connectivity index (χ3v) is 4.48. The minimum absolute atomic E-state index is 0.307. The van der Waals surface area contributed by atoms with Crippen molar-refractivity contribution in [1.82, 2.24) is 0 Å². The second-order valence-electron chi connectivity index (χ2n) is 3.58. The van der Waals surface area contributed by atoms with Crippen molar-refractivity contribution in [2.24, 2.45) is 0 Å². The molecule has 0 aromatic rings. The predicted molar refractivity (Wildman–Crippen MR) is 63.0 cm³/mol. The van der Waals surface area contributed by atoms with E-state index in [0.29, 0.717) is 10.8 Å². The second-order valence-corrected chi connectivity index (χ2v) is 5.72. The van der Waals surface area contributed by atoms with Crippen LogP contribution in [0.4, 0.5) is 0 Å².